The number of thiophene rings is 1. The molecule has 0 bridgehead atoms. The predicted molar refractivity (Wildman–Crippen MR) is 113 cm³/mol. The lowest BCUT2D eigenvalue weighted by Crippen LogP contribution is -2.20. The fraction of sp³-hybridized carbons (Fsp3) is 0.263. The van der Waals surface area contributed by atoms with Crippen molar-refractivity contribution in [1.29, 1.82) is 0 Å². The topological polar surface area (TPSA) is 123 Å². The van der Waals surface area contributed by atoms with Crippen LogP contribution in [0.3, 0.4) is 0 Å². The van der Waals surface area contributed by atoms with Crippen LogP contribution in [-0.4, -0.2) is 32.3 Å². The van der Waals surface area contributed by atoms with Crippen LogP contribution in [0.4, 0.5) is 5.00 Å². The van der Waals surface area contributed by atoms with Crippen LogP contribution in [0, 0.1) is 0 Å². The number of H-pyrrole nitrogens is 1. The number of nitrogens with two attached hydrogens (primary N) is 1. The lowest BCUT2D eigenvalue weighted by molar-refractivity contribution is -0.113. The average molecular weight is 430 g/mol. The molecule has 0 unspecified atom stereocenters. The van der Waals surface area contributed by atoms with Gasteiger partial charge >= 0.3 is 5.69 Å². The van der Waals surface area contributed by atoms with E-state index in [9.17, 15) is 14.4 Å². The van der Waals surface area contributed by atoms with Gasteiger partial charge in [0, 0.05) is 4.88 Å². The zero-order valence-electron chi connectivity index (χ0n) is 15.4. The molecule has 0 atom stereocenters. The van der Waals surface area contributed by atoms with Gasteiger partial charge in [0.1, 0.15) is 5.00 Å². The molecular weight excluding hydrogens is 410 g/mol. The molecule has 1 aliphatic rings. The van der Waals surface area contributed by atoms with E-state index in [1.54, 1.807) is 0 Å². The summed E-state index contributed by atoms with van der Waals surface area (Å²) >= 11 is 2.57. The number of aryl methyl sites for hydroxylation is 1. The second-order valence-electron chi connectivity index (χ2n) is 6.65. The maximum Gasteiger partial charge on any atom is 0.344 e. The van der Waals surface area contributed by atoms with E-state index < -0.39 is 5.91 Å². The van der Waals surface area contributed by atoms with Crippen molar-refractivity contribution < 1.29 is 9.59 Å². The van der Waals surface area contributed by atoms with Crippen LogP contribution in [0.5, 0.6) is 0 Å². The first-order valence-electron chi connectivity index (χ1n) is 9.09. The van der Waals surface area contributed by atoms with Gasteiger partial charge in [-0.2, -0.15) is 0 Å². The van der Waals surface area contributed by atoms with Crippen molar-refractivity contribution >= 4 is 39.9 Å². The Morgan fingerprint density at radius 1 is 1.28 bits per heavy atom. The summed E-state index contributed by atoms with van der Waals surface area (Å²) in [5.74, 6) is -0.740. The van der Waals surface area contributed by atoms with Crippen molar-refractivity contribution in [3.8, 4) is 0 Å². The van der Waals surface area contributed by atoms with Crippen molar-refractivity contribution in [3.05, 3.63) is 62.4 Å². The van der Waals surface area contributed by atoms with Crippen molar-refractivity contribution in [2.45, 2.75) is 31.0 Å². The lowest BCUT2D eigenvalue weighted by Gasteiger charge is -2.07. The van der Waals surface area contributed by atoms with E-state index in [1.165, 1.54) is 15.9 Å². The van der Waals surface area contributed by atoms with Gasteiger partial charge in [-0.15, -0.1) is 16.4 Å². The quantitative estimate of drug-likeness (QED) is 0.496. The number of thioether (sulfide) groups is 1. The Balaban J connectivity index is 1.44. The fourth-order valence-corrected chi connectivity index (χ4v) is 5.42. The Bertz CT molecular complexity index is 1120. The first-order valence-corrected chi connectivity index (χ1v) is 10.9. The van der Waals surface area contributed by atoms with E-state index in [0.29, 0.717) is 22.3 Å². The molecule has 0 fully saturated rings. The van der Waals surface area contributed by atoms with Crippen molar-refractivity contribution in [2.24, 2.45) is 5.73 Å². The number of amides is 2. The molecule has 1 aromatic carbocycles. The highest BCUT2D eigenvalue weighted by Crippen LogP contribution is 2.38. The normalized spacial score (nSPS) is 12.7. The van der Waals surface area contributed by atoms with E-state index in [4.69, 9.17) is 5.73 Å². The molecule has 3 aromatic rings. The lowest BCUT2D eigenvalue weighted by atomic mass is 10.1. The molecule has 4 N–H and O–H groups in total. The highest BCUT2D eigenvalue weighted by atomic mass is 32.2. The Morgan fingerprint density at radius 3 is 2.83 bits per heavy atom. The molecule has 0 saturated heterocycles. The molecule has 150 valence electrons. The van der Waals surface area contributed by atoms with Gasteiger partial charge in [-0.25, -0.2) is 9.89 Å². The first kappa shape index (κ1) is 19.5. The SMILES string of the molecule is NC(=O)c1c(NC(=O)CSc2n[nH]c(=O)n2Cc2ccccc2)sc2c1CCC2. The smallest absolute Gasteiger partial charge is 0.344 e. The maximum absolute atomic E-state index is 12.5. The molecular formula is C19H19N5O3S2. The summed E-state index contributed by atoms with van der Waals surface area (Å²) in [7, 11) is 0. The van der Waals surface area contributed by atoms with E-state index in [2.05, 4.69) is 15.5 Å². The monoisotopic (exact) mass is 429 g/mol. The van der Waals surface area contributed by atoms with Crippen molar-refractivity contribution in [2.75, 3.05) is 11.1 Å². The molecule has 10 heteroatoms. The number of aromatic amines is 1. The second kappa shape index (κ2) is 8.26. The summed E-state index contributed by atoms with van der Waals surface area (Å²) < 4.78 is 1.49. The fourth-order valence-electron chi connectivity index (χ4n) is 3.36. The Morgan fingerprint density at radius 2 is 2.07 bits per heavy atom. The number of hydrogen-bond acceptors (Lipinski definition) is 6. The number of benzene rings is 1. The highest BCUT2D eigenvalue weighted by Gasteiger charge is 2.26. The van der Waals surface area contributed by atoms with Gasteiger partial charge < -0.3 is 11.1 Å². The molecule has 0 spiro atoms. The molecule has 2 aromatic heterocycles. The number of carbonyl (C=O) groups is 2. The van der Waals surface area contributed by atoms with Crippen LogP contribution in [0.15, 0.2) is 40.3 Å². The molecule has 8 nitrogen and oxygen atoms in total. The van der Waals surface area contributed by atoms with E-state index in [1.807, 2.05) is 30.3 Å². The third kappa shape index (κ3) is 4.13. The largest absolute Gasteiger partial charge is 0.365 e. The molecule has 0 aliphatic heterocycles. The van der Waals surface area contributed by atoms with Crippen LogP contribution < -0.4 is 16.7 Å². The molecule has 0 saturated carbocycles. The number of anilines is 1. The second-order valence-corrected chi connectivity index (χ2v) is 8.69. The zero-order chi connectivity index (χ0) is 20.4. The van der Waals surface area contributed by atoms with Crippen LogP contribution in [-0.2, 0) is 24.2 Å². The minimum atomic E-state index is -0.517. The van der Waals surface area contributed by atoms with Gasteiger partial charge in [-0.05, 0) is 30.4 Å². The van der Waals surface area contributed by atoms with Gasteiger partial charge in [0.15, 0.2) is 5.16 Å². The number of nitrogens with zero attached hydrogens (tertiary/aromatic N) is 2. The van der Waals surface area contributed by atoms with Crippen molar-refractivity contribution in [3.63, 3.8) is 0 Å². The number of rotatable bonds is 7. The van der Waals surface area contributed by atoms with Crippen LogP contribution >= 0.6 is 23.1 Å². The number of primary amides is 1. The maximum atomic E-state index is 12.5. The zero-order valence-corrected chi connectivity index (χ0v) is 17.1. The number of nitrogens with one attached hydrogen (secondary N) is 2. The van der Waals surface area contributed by atoms with Crippen molar-refractivity contribution in [1.82, 2.24) is 14.8 Å². The van der Waals surface area contributed by atoms with Gasteiger partial charge in [0.2, 0.25) is 5.91 Å². The number of aromatic nitrogens is 3. The van der Waals surface area contributed by atoms with E-state index in [0.717, 1.165) is 47.0 Å². The van der Waals surface area contributed by atoms with Gasteiger partial charge in [0.05, 0.1) is 17.9 Å². The number of fused-ring (bicyclic) bond motifs is 1. The van der Waals surface area contributed by atoms with Crippen LogP contribution in [0.1, 0.15) is 32.8 Å². The molecule has 1 aliphatic carbocycles. The number of carbonyl (C=O) groups excluding carboxylic acids is 2. The summed E-state index contributed by atoms with van der Waals surface area (Å²) in [5.41, 5.74) is 7.56. The Hall–Kier alpha value is -2.85. The van der Waals surface area contributed by atoms with Gasteiger partial charge in [-0.3, -0.25) is 14.2 Å². The molecule has 2 heterocycles. The first-order chi connectivity index (χ1) is 14.0. The van der Waals surface area contributed by atoms with Crippen LogP contribution in [0.25, 0.3) is 0 Å². The third-order valence-corrected chi connectivity index (χ3v) is 6.84. The molecule has 0 radical (unpaired) electrons. The predicted octanol–water partition coefficient (Wildman–Crippen LogP) is 2.00. The Kier molecular flexibility index (Phi) is 5.54. The van der Waals surface area contributed by atoms with Crippen LogP contribution in [0.2, 0.25) is 0 Å². The minimum Gasteiger partial charge on any atom is -0.365 e. The molecule has 2 amide bonds. The van der Waals surface area contributed by atoms with E-state index in [-0.39, 0.29) is 17.3 Å². The highest BCUT2D eigenvalue weighted by molar-refractivity contribution is 7.99. The minimum absolute atomic E-state index is 0.0554. The Labute approximate surface area is 174 Å². The van der Waals surface area contributed by atoms with Gasteiger partial charge in [0.25, 0.3) is 5.91 Å². The molecule has 29 heavy (non-hydrogen) atoms. The molecule has 4 rings (SSSR count). The van der Waals surface area contributed by atoms with E-state index >= 15 is 0 Å². The summed E-state index contributed by atoms with van der Waals surface area (Å²) in [5, 5.41) is 10.2. The summed E-state index contributed by atoms with van der Waals surface area (Å²) in [4.78, 5) is 37.5. The standard InChI is InChI=1S/C19H19N5O3S2/c20-16(26)15-12-7-4-8-13(12)29-17(15)21-14(25)10-28-19-23-22-18(27)24(19)9-11-5-2-1-3-6-11/h1-3,5-6H,4,7-10H2,(H2,20,26)(H,21,25)(H,22,27). The summed E-state index contributed by atoms with van der Waals surface area (Å²) in [6.07, 6.45) is 2.72. The summed E-state index contributed by atoms with van der Waals surface area (Å²) in [6.45, 7) is 0.365. The van der Waals surface area contributed by atoms with Gasteiger partial charge in [-0.1, -0.05) is 42.1 Å². The number of hydrogen-bond donors (Lipinski definition) is 3. The summed E-state index contributed by atoms with van der Waals surface area (Å²) in [6, 6.07) is 9.54. The average Bonchev–Trinajstić information content (AvgIpc) is 3.36. The third-order valence-electron chi connectivity index (χ3n) is 4.66.